The van der Waals surface area contributed by atoms with Crippen molar-refractivity contribution in [3.8, 4) is 23.0 Å². The van der Waals surface area contributed by atoms with Crippen LogP contribution < -0.4 is 30.3 Å². The molecule has 3 aliphatic rings. The van der Waals surface area contributed by atoms with Crippen LogP contribution in [0, 0.1) is 5.92 Å². The minimum absolute atomic E-state index is 0.0600. The molecule has 3 heterocycles. The highest BCUT2D eigenvalue weighted by molar-refractivity contribution is 6.00. The number of amides is 4. The number of fused-ring (bicyclic) bond motifs is 11. The van der Waals surface area contributed by atoms with E-state index in [2.05, 4.69) is 20.9 Å². The maximum atomic E-state index is 14.0. The molecule has 0 saturated carbocycles. The third-order valence-corrected chi connectivity index (χ3v) is 8.51. The van der Waals surface area contributed by atoms with Crippen molar-refractivity contribution >= 4 is 29.3 Å². The lowest BCUT2D eigenvalue weighted by atomic mass is 10.0. The summed E-state index contributed by atoms with van der Waals surface area (Å²) in [4.78, 5) is 58.0. The van der Waals surface area contributed by atoms with E-state index >= 15 is 0 Å². The van der Waals surface area contributed by atoms with E-state index < -0.39 is 35.8 Å². The number of carbonyl (C=O) groups is 4. The maximum Gasteiger partial charge on any atom is 0.255 e. The second-order valence-corrected chi connectivity index (χ2v) is 12.3. The van der Waals surface area contributed by atoms with E-state index in [4.69, 9.17) is 9.47 Å². The average molecular weight is 658 g/mol. The number of benzene rings is 3. The fraction of sp³-hybridized carbons (Fsp3) is 0.389. The molecule has 0 aliphatic carbocycles. The summed E-state index contributed by atoms with van der Waals surface area (Å²) in [6.45, 7) is 9.63. The molecule has 4 amide bonds. The fourth-order valence-corrected chi connectivity index (χ4v) is 5.83. The molecule has 0 unspecified atom stereocenters. The summed E-state index contributed by atoms with van der Waals surface area (Å²) < 4.78 is 11.8. The highest BCUT2D eigenvalue weighted by Crippen LogP contribution is 2.30. The van der Waals surface area contributed by atoms with E-state index in [9.17, 15) is 24.3 Å². The number of carbonyl (C=O) groups excluding carboxylic acids is 4. The molecule has 254 valence electrons. The van der Waals surface area contributed by atoms with Gasteiger partial charge in [-0.3, -0.25) is 19.2 Å². The average Bonchev–Trinajstić information content (AvgIpc) is 3.08. The van der Waals surface area contributed by atoms with Gasteiger partial charge in [-0.25, -0.2) is 0 Å². The van der Waals surface area contributed by atoms with E-state index in [-0.39, 0.29) is 29.6 Å². The van der Waals surface area contributed by atoms with Crippen LogP contribution in [-0.2, 0) is 20.8 Å². The molecule has 0 spiro atoms. The predicted molar refractivity (Wildman–Crippen MR) is 180 cm³/mol. The third-order valence-electron chi connectivity index (χ3n) is 8.51. The Hall–Kier alpha value is -5.26. The summed E-state index contributed by atoms with van der Waals surface area (Å²) in [7, 11) is 0. The molecule has 6 rings (SSSR count). The van der Waals surface area contributed by atoms with Crippen LogP contribution in [0.4, 0.5) is 5.69 Å². The normalized spacial score (nSPS) is 20.6. The molecule has 1 saturated heterocycles. The van der Waals surface area contributed by atoms with E-state index in [1.807, 2.05) is 31.2 Å². The fourth-order valence-electron chi connectivity index (χ4n) is 5.83. The van der Waals surface area contributed by atoms with Gasteiger partial charge in [0.15, 0.2) is 0 Å². The second kappa shape index (κ2) is 15.1. The van der Waals surface area contributed by atoms with Crippen molar-refractivity contribution in [3.63, 3.8) is 0 Å². The number of ether oxygens (including phenoxy) is 2. The molecule has 4 N–H and O–H groups in total. The molecule has 4 bridgehead atoms. The molecule has 0 aromatic heterocycles. The lowest BCUT2D eigenvalue weighted by Gasteiger charge is -2.38. The van der Waals surface area contributed by atoms with Gasteiger partial charge >= 0.3 is 0 Å². The predicted octanol–water partition coefficient (Wildman–Crippen LogP) is 3.23. The van der Waals surface area contributed by atoms with Crippen molar-refractivity contribution in [2.45, 2.75) is 52.2 Å². The van der Waals surface area contributed by atoms with Crippen LogP contribution in [0.25, 0.3) is 0 Å². The number of nitrogens with zero attached hydrogens (tertiary/aromatic N) is 2. The summed E-state index contributed by atoms with van der Waals surface area (Å²) >= 11 is 0. The maximum absolute atomic E-state index is 14.0. The molecule has 1 fully saturated rings. The first-order valence-corrected chi connectivity index (χ1v) is 16.3. The van der Waals surface area contributed by atoms with Crippen molar-refractivity contribution in [3.05, 3.63) is 77.9 Å². The molecule has 3 aromatic rings. The Morgan fingerprint density at radius 1 is 0.917 bits per heavy atom. The monoisotopic (exact) mass is 657 g/mol. The first-order valence-electron chi connectivity index (χ1n) is 16.3. The van der Waals surface area contributed by atoms with Crippen molar-refractivity contribution in [1.29, 1.82) is 0 Å². The summed E-state index contributed by atoms with van der Waals surface area (Å²) in [5.41, 5.74) is 1.70. The number of aromatic hydroxyl groups is 1. The molecular weight excluding hydrogens is 614 g/mol. The van der Waals surface area contributed by atoms with Crippen LogP contribution in [0.5, 0.6) is 23.0 Å². The molecular formula is C36H43N5O7. The van der Waals surface area contributed by atoms with E-state index in [1.165, 1.54) is 25.1 Å². The molecule has 3 aromatic carbocycles. The number of anilines is 1. The molecule has 3 aliphatic heterocycles. The van der Waals surface area contributed by atoms with Gasteiger partial charge in [0, 0.05) is 32.6 Å². The van der Waals surface area contributed by atoms with E-state index in [0.29, 0.717) is 44.3 Å². The number of para-hydroxylation sites is 2. The summed E-state index contributed by atoms with van der Waals surface area (Å²) in [5.74, 6) is -1.04. The topological polar surface area (TPSA) is 150 Å². The van der Waals surface area contributed by atoms with Gasteiger partial charge in [-0.15, -0.1) is 0 Å². The lowest BCUT2D eigenvalue weighted by molar-refractivity contribution is -0.137. The van der Waals surface area contributed by atoms with Gasteiger partial charge in [0.25, 0.3) is 5.91 Å². The van der Waals surface area contributed by atoms with E-state index in [0.717, 1.165) is 17.0 Å². The number of hydrogen-bond donors (Lipinski definition) is 4. The Morgan fingerprint density at radius 2 is 1.60 bits per heavy atom. The number of rotatable bonds is 5. The summed E-state index contributed by atoms with van der Waals surface area (Å²) in [6.07, 6.45) is 0.215. The number of hydrogen-bond acceptors (Lipinski definition) is 8. The van der Waals surface area contributed by atoms with Gasteiger partial charge < -0.3 is 40.3 Å². The van der Waals surface area contributed by atoms with Gasteiger partial charge in [-0.2, -0.15) is 0 Å². The van der Waals surface area contributed by atoms with Gasteiger partial charge in [-0.05, 0) is 67.8 Å². The zero-order valence-electron chi connectivity index (χ0n) is 27.7. The van der Waals surface area contributed by atoms with Gasteiger partial charge in [0.1, 0.15) is 41.1 Å². The van der Waals surface area contributed by atoms with Crippen molar-refractivity contribution in [1.82, 2.24) is 20.9 Å². The third kappa shape index (κ3) is 7.99. The summed E-state index contributed by atoms with van der Waals surface area (Å²) in [6, 6.07) is 16.3. The Balaban J connectivity index is 1.39. The SMILES string of the molecule is CCOc1ccccc1N1CCN(C(=O)[C@H]2Cc3ccc(cc3)Oc3ccc(O)c(c3)C(=O)N[C@@H](C(C)C)C(=O)N[C@@H](C)C(=O)N2)CC1. The lowest BCUT2D eigenvalue weighted by Crippen LogP contribution is -2.59. The van der Waals surface area contributed by atoms with Crippen LogP contribution in [0.1, 0.15) is 43.6 Å². The molecule has 12 heteroatoms. The minimum atomic E-state index is -1.01. The largest absolute Gasteiger partial charge is 0.507 e. The molecule has 12 nitrogen and oxygen atoms in total. The minimum Gasteiger partial charge on any atom is -0.507 e. The first kappa shape index (κ1) is 34.1. The Bertz CT molecular complexity index is 1640. The number of nitrogens with one attached hydrogen (secondary N) is 3. The van der Waals surface area contributed by atoms with Crippen LogP contribution in [0.2, 0.25) is 0 Å². The first-order chi connectivity index (χ1) is 23.0. The Kier molecular flexibility index (Phi) is 10.7. The Labute approximate surface area is 280 Å². The zero-order valence-corrected chi connectivity index (χ0v) is 27.7. The number of phenolic OH excluding ortho intramolecular Hbond substituents is 1. The highest BCUT2D eigenvalue weighted by Gasteiger charge is 2.33. The van der Waals surface area contributed by atoms with Gasteiger partial charge in [-0.1, -0.05) is 38.1 Å². The van der Waals surface area contributed by atoms with Crippen LogP contribution >= 0.6 is 0 Å². The smallest absolute Gasteiger partial charge is 0.255 e. The molecule has 0 radical (unpaired) electrons. The molecule has 3 atom stereocenters. The van der Waals surface area contributed by atoms with E-state index in [1.54, 1.807) is 43.0 Å². The van der Waals surface area contributed by atoms with Crippen LogP contribution in [0.15, 0.2) is 66.7 Å². The summed E-state index contributed by atoms with van der Waals surface area (Å²) in [5, 5.41) is 18.6. The zero-order chi connectivity index (χ0) is 34.4. The van der Waals surface area contributed by atoms with Crippen molar-refractivity contribution in [2.24, 2.45) is 5.92 Å². The van der Waals surface area contributed by atoms with Crippen LogP contribution in [0.3, 0.4) is 0 Å². The van der Waals surface area contributed by atoms with Crippen molar-refractivity contribution < 1.29 is 33.8 Å². The number of phenols is 1. The highest BCUT2D eigenvalue weighted by atomic mass is 16.5. The standard InChI is InChI=1S/C36H43N5O7/c1-5-47-31-9-7-6-8-29(31)40-16-18-41(19-17-40)36(46)28-20-24-10-12-25(13-11-24)48-26-14-15-30(42)27(21-26)34(44)39-32(22(2)3)35(45)37-23(4)33(43)38-28/h6-15,21-23,28,32,42H,5,16-20H2,1-4H3,(H,37,45)(H,38,43)(H,39,44)/t23-,28+,32-/m0/s1. The van der Waals surface area contributed by atoms with Gasteiger partial charge in [0.2, 0.25) is 17.7 Å². The Morgan fingerprint density at radius 3 is 2.29 bits per heavy atom. The second-order valence-electron chi connectivity index (χ2n) is 12.3. The quantitative estimate of drug-likeness (QED) is 0.306. The number of piperazine rings is 1. The molecule has 48 heavy (non-hydrogen) atoms. The van der Waals surface area contributed by atoms with Crippen molar-refractivity contribution in [2.75, 3.05) is 37.7 Å². The van der Waals surface area contributed by atoms with Crippen LogP contribution in [-0.4, -0.2) is 84.5 Å². The van der Waals surface area contributed by atoms with Gasteiger partial charge in [0.05, 0.1) is 17.9 Å².